The Hall–Kier alpha value is -4.16. The summed E-state index contributed by atoms with van der Waals surface area (Å²) in [6.07, 6.45) is 3.36. The number of nitrogens with one attached hydrogen (secondary N) is 2. The molecule has 0 bridgehead atoms. The lowest BCUT2D eigenvalue weighted by molar-refractivity contribution is -0.114. The van der Waals surface area contributed by atoms with Crippen molar-refractivity contribution in [3.05, 3.63) is 84.0 Å². The van der Waals surface area contributed by atoms with Crippen LogP contribution in [0.1, 0.15) is 6.92 Å². The molecule has 1 amide bonds. The van der Waals surface area contributed by atoms with Crippen LogP contribution in [0.2, 0.25) is 0 Å². The highest BCUT2D eigenvalue weighted by Crippen LogP contribution is 2.38. The maximum absolute atomic E-state index is 14.1. The van der Waals surface area contributed by atoms with Crippen LogP contribution in [-0.2, 0) is 14.8 Å². The van der Waals surface area contributed by atoms with Gasteiger partial charge in [0.2, 0.25) is 5.91 Å². The molecular formula is C24H17F2N5O3S2. The Labute approximate surface area is 208 Å². The summed E-state index contributed by atoms with van der Waals surface area (Å²) in [6.45, 7) is 1.39. The molecule has 0 atom stereocenters. The first kappa shape index (κ1) is 23.6. The van der Waals surface area contributed by atoms with Gasteiger partial charge in [-0.2, -0.15) is 5.10 Å². The molecule has 0 saturated carbocycles. The van der Waals surface area contributed by atoms with Crippen molar-refractivity contribution in [3.63, 3.8) is 0 Å². The van der Waals surface area contributed by atoms with Crippen LogP contribution < -0.4 is 10.0 Å². The summed E-state index contributed by atoms with van der Waals surface area (Å²) in [5.74, 6) is -1.82. The topological polar surface area (TPSA) is 105 Å². The number of benzene rings is 2. The molecule has 182 valence electrons. The highest BCUT2D eigenvalue weighted by molar-refractivity contribution is 7.92. The van der Waals surface area contributed by atoms with E-state index in [0.29, 0.717) is 23.1 Å². The molecule has 0 spiro atoms. The molecule has 0 unspecified atom stereocenters. The number of thiazole rings is 1. The van der Waals surface area contributed by atoms with Gasteiger partial charge in [-0.3, -0.25) is 9.52 Å². The Bertz CT molecular complexity index is 1730. The van der Waals surface area contributed by atoms with Crippen molar-refractivity contribution in [2.24, 2.45) is 0 Å². The van der Waals surface area contributed by atoms with Gasteiger partial charge in [0.25, 0.3) is 10.0 Å². The maximum atomic E-state index is 14.1. The average Bonchev–Trinajstić information content (AvgIpc) is 3.42. The van der Waals surface area contributed by atoms with Gasteiger partial charge in [-0.05, 0) is 48.0 Å². The van der Waals surface area contributed by atoms with Gasteiger partial charge in [0.1, 0.15) is 32.9 Å². The van der Waals surface area contributed by atoms with Gasteiger partial charge in [0.05, 0.1) is 0 Å². The summed E-state index contributed by atoms with van der Waals surface area (Å²) < 4.78 is 57.2. The van der Waals surface area contributed by atoms with Crippen molar-refractivity contribution >= 4 is 43.6 Å². The molecule has 0 aliphatic rings. The largest absolute Gasteiger partial charge is 0.311 e. The second kappa shape index (κ2) is 9.13. The van der Waals surface area contributed by atoms with E-state index < -0.39 is 26.6 Å². The standard InChI is InChI=1S/C24H17F2N5O3S2/c1-14(32)28-21-12-15(7-8-27-21)22-23(29-31-9-10-35-24(22)31)16-3-2-4-18(11-16)30-36(33,34)20-13-17(25)5-6-19(20)26/h2-13,30H,1H3,(H,27,28,32). The fraction of sp³-hybridized carbons (Fsp3) is 0.0417. The van der Waals surface area contributed by atoms with Crippen LogP contribution in [0.5, 0.6) is 0 Å². The van der Waals surface area contributed by atoms with E-state index in [1.54, 1.807) is 47.2 Å². The summed E-state index contributed by atoms with van der Waals surface area (Å²) >= 11 is 1.46. The van der Waals surface area contributed by atoms with Gasteiger partial charge < -0.3 is 5.32 Å². The number of halogens is 2. The number of aromatic nitrogens is 3. The third kappa shape index (κ3) is 4.55. The molecule has 2 N–H and O–H groups in total. The molecule has 0 aliphatic carbocycles. The third-order valence-corrected chi connectivity index (χ3v) is 7.44. The van der Waals surface area contributed by atoms with E-state index in [1.807, 2.05) is 5.38 Å². The van der Waals surface area contributed by atoms with Crippen molar-refractivity contribution in [2.45, 2.75) is 11.8 Å². The van der Waals surface area contributed by atoms with Crippen molar-refractivity contribution in [1.29, 1.82) is 0 Å². The van der Waals surface area contributed by atoms with Crippen LogP contribution in [0.3, 0.4) is 0 Å². The minimum atomic E-state index is -4.40. The number of pyridine rings is 1. The summed E-state index contributed by atoms with van der Waals surface area (Å²) in [7, 11) is -4.40. The Morgan fingerprint density at radius 1 is 1.06 bits per heavy atom. The summed E-state index contributed by atoms with van der Waals surface area (Å²) in [5, 5.41) is 9.20. The molecule has 5 rings (SSSR count). The van der Waals surface area contributed by atoms with Gasteiger partial charge >= 0.3 is 0 Å². The first-order chi connectivity index (χ1) is 17.2. The Morgan fingerprint density at radius 2 is 1.89 bits per heavy atom. The molecule has 0 radical (unpaired) electrons. The van der Waals surface area contributed by atoms with E-state index in [2.05, 4.69) is 20.1 Å². The lowest BCUT2D eigenvalue weighted by Gasteiger charge is -2.11. The van der Waals surface area contributed by atoms with E-state index in [1.165, 1.54) is 24.3 Å². The summed E-state index contributed by atoms with van der Waals surface area (Å²) in [4.78, 5) is 15.7. The molecule has 3 heterocycles. The number of sulfonamides is 1. The number of hydrogen-bond acceptors (Lipinski definition) is 6. The average molecular weight is 526 g/mol. The fourth-order valence-corrected chi connectivity index (χ4v) is 5.69. The number of carbonyl (C=O) groups excluding carboxylic acids is 1. The molecule has 0 aliphatic heterocycles. The molecule has 8 nitrogen and oxygen atoms in total. The van der Waals surface area contributed by atoms with Crippen molar-refractivity contribution in [2.75, 3.05) is 10.0 Å². The molecule has 36 heavy (non-hydrogen) atoms. The van der Waals surface area contributed by atoms with Crippen LogP contribution in [0.25, 0.3) is 27.2 Å². The summed E-state index contributed by atoms with van der Waals surface area (Å²) in [5.41, 5.74) is 2.79. The highest BCUT2D eigenvalue weighted by Gasteiger charge is 2.22. The number of carbonyl (C=O) groups is 1. The van der Waals surface area contributed by atoms with Gasteiger partial charge in [-0.25, -0.2) is 26.7 Å². The normalized spacial score (nSPS) is 11.5. The maximum Gasteiger partial charge on any atom is 0.264 e. The van der Waals surface area contributed by atoms with Crippen LogP contribution in [0.4, 0.5) is 20.3 Å². The highest BCUT2D eigenvalue weighted by atomic mass is 32.2. The van der Waals surface area contributed by atoms with E-state index in [0.717, 1.165) is 28.1 Å². The van der Waals surface area contributed by atoms with Crippen LogP contribution in [-0.4, -0.2) is 28.9 Å². The molecule has 12 heteroatoms. The first-order valence-electron chi connectivity index (χ1n) is 10.5. The Balaban J connectivity index is 1.57. The van der Waals surface area contributed by atoms with Gasteiger partial charge in [0, 0.05) is 41.5 Å². The van der Waals surface area contributed by atoms with Crippen molar-refractivity contribution in [1.82, 2.24) is 14.6 Å². The van der Waals surface area contributed by atoms with Crippen LogP contribution in [0, 0.1) is 11.6 Å². The van der Waals surface area contributed by atoms with Crippen LogP contribution in [0.15, 0.2) is 77.3 Å². The number of rotatable bonds is 6. The minimum Gasteiger partial charge on any atom is -0.311 e. The van der Waals surface area contributed by atoms with Gasteiger partial charge in [-0.1, -0.05) is 12.1 Å². The zero-order valence-electron chi connectivity index (χ0n) is 18.6. The number of fused-ring (bicyclic) bond motifs is 1. The molecule has 0 fully saturated rings. The van der Waals surface area contributed by atoms with E-state index in [-0.39, 0.29) is 11.6 Å². The Morgan fingerprint density at radius 3 is 2.69 bits per heavy atom. The second-order valence-corrected chi connectivity index (χ2v) is 10.3. The lowest BCUT2D eigenvalue weighted by atomic mass is 10.0. The van der Waals surface area contributed by atoms with Crippen molar-refractivity contribution < 1.29 is 22.0 Å². The second-order valence-electron chi connectivity index (χ2n) is 7.75. The lowest BCUT2D eigenvalue weighted by Crippen LogP contribution is -2.15. The predicted octanol–water partition coefficient (Wildman–Crippen LogP) is 5.16. The van der Waals surface area contributed by atoms with Gasteiger partial charge in [0.15, 0.2) is 0 Å². The van der Waals surface area contributed by atoms with E-state index in [4.69, 9.17) is 0 Å². The number of nitrogens with zero attached hydrogens (tertiary/aromatic N) is 3. The number of amides is 1. The number of hydrogen-bond donors (Lipinski definition) is 2. The zero-order valence-corrected chi connectivity index (χ0v) is 20.2. The van der Waals surface area contributed by atoms with E-state index in [9.17, 15) is 22.0 Å². The number of anilines is 2. The van der Waals surface area contributed by atoms with E-state index >= 15 is 0 Å². The molecule has 3 aromatic heterocycles. The monoisotopic (exact) mass is 525 g/mol. The molecular weight excluding hydrogens is 508 g/mol. The minimum absolute atomic E-state index is 0.145. The quantitative estimate of drug-likeness (QED) is 0.319. The predicted molar refractivity (Wildman–Crippen MR) is 133 cm³/mol. The van der Waals surface area contributed by atoms with Gasteiger partial charge in [-0.15, -0.1) is 11.3 Å². The molecule has 2 aromatic carbocycles. The molecule has 5 aromatic rings. The molecule has 0 saturated heterocycles. The smallest absolute Gasteiger partial charge is 0.264 e. The third-order valence-electron chi connectivity index (χ3n) is 5.17. The Kier molecular flexibility index (Phi) is 5.98. The fourth-order valence-electron chi connectivity index (χ4n) is 3.71. The van der Waals surface area contributed by atoms with Crippen LogP contribution >= 0.6 is 11.3 Å². The summed E-state index contributed by atoms with van der Waals surface area (Å²) in [6, 6.07) is 12.2. The SMILES string of the molecule is CC(=O)Nc1cc(-c2c(-c3cccc(NS(=O)(=O)c4cc(F)ccc4F)c3)nn3ccsc23)ccn1. The zero-order chi connectivity index (χ0) is 25.4. The first-order valence-corrected chi connectivity index (χ1v) is 12.9. The van der Waals surface area contributed by atoms with Crippen molar-refractivity contribution in [3.8, 4) is 22.4 Å².